The number of carbonyl (C=O) groups is 1. The summed E-state index contributed by atoms with van der Waals surface area (Å²) in [7, 11) is -3.74. The first-order valence-corrected chi connectivity index (χ1v) is 13.1. The number of aromatic nitrogens is 6. The fraction of sp³-hybridized carbons (Fsp3) is 0.238. The largest absolute Gasteiger partial charge is 0.355 e. The molecule has 180 valence electrons. The minimum absolute atomic E-state index is 0.0891. The molecule has 1 aliphatic rings. The van der Waals surface area contributed by atoms with Gasteiger partial charge in [-0.3, -0.25) is 9.52 Å². The van der Waals surface area contributed by atoms with E-state index in [0.717, 1.165) is 5.82 Å². The minimum Gasteiger partial charge on any atom is -0.355 e. The molecule has 0 spiro atoms. The van der Waals surface area contributed by atoms with Crippen LogP contribution in [0.5, 0.6) is 0 Å². The molecule has 3 aromatic heterocycles. The highest BCUT2D eigenvalue weighted by molar-refractivity contribution is 7.93. The fourth-order valence-electron chi connectivity index (χ4n) is 3.72. The van der Waals surface area contributed by atoms with E-state index in [9.17, 15) is 13.2 Å². The normalized spacial score (nSPS) is 14.6. The SMILES string of the molecule is O=C(Nc1ccc(S(=O)(=O)Nc2nccs2)cc1)C1CCN(c2ccc(-n3cncn3)nn2)CC1. The van der Waals surface area contributed by atoms with E-state index in [-0.39, 0.29) is 16.7 Å². The molecule has 2 N–H and O–H groups in total. The molecule has 5 rings (SSSR count). The van der Waals surface area contributed by atoms with E-state index in [1.807, 2.05) is 12.1 Å². The lowest BCUT2D eigenvalue weighted by molar-refractivity contribution is -0.120. The number of carbonyl (C=O) groups excluding carboxylic acids is 1. The maximum Gasteiger partial charge on any atom is 0.263 e. The van der Waals surface area contributed by atoms with Crippen LogP contribution in [0.25, 0.3) is 5.82 Å². The Kier molecular flexibility index (Phi) is 6.37. The van der Waals surface area contributed by atoms with Gasteiger partial charge in [-0.15, -0.1) is 21.5 Å². The Bertz CT molecular complexity index is 1370. The third kappa shape index (κ3) is 5.27. The number of nitrogens with one attached hydrogen (secondary N) is 2. The van der Waals surface area contributed by atoms with Crippen molar-refractivity contribution in [3.05, 3.63) is 60.6 Å². The predicted molar refractivity (Wildman–Crippen MR) is 130 cm³/mol. The maximum atomic E-state index is 12.8. The van der Waals surface area contributed by atoms with Gasteiger partial charge in [0.25, 0.3) is 10.0 Å². The second-order valence-corrected chi connectivity index (χ2v) is 10.4. The van der Waals surface area contributed by atoms with E-state index in [4.69, 9.17) is 0 Å². The molecule has 4 heterocycles. The summed E-state index contributed by atoms with van der Waals surface area (Å²) in [6.07, 6.45) is 5.85. The molecule has 0 radical (unpaired) electrons. The predicted octanol–water partition coefficient (Wildman–Crippen LogP) is 2.17. The zero-order chi connectivity index (χ0) is 24.3. The lowest BCUT2D eigenvalue weighted by Gasteiger charge is -2.31. The second-order valence-electron chi connectivity index (χ2n) is 7.81. The Labute approximate surface area is 205 Å². The molecule has 1 amide bonds. The summed E-state index contributed by atoms with van der Waals surface area (Å²) in [6, 6.07) is 9.77. The molecule has 0 unspecified atom stereocenters. The van der Waals surface area contributed by atoms with Gasteiger partial charge in [0.1, 0.15) is 12.7 Å². The van der Waals surface area contributed by atoms with Gasteiger partial charge in [0.2, 0.25) is 5.91 Å². The maximum absolute atomic E-state index is 12.8. The summed E-state index contributed by atoms with van der Waals surface area (Å²) in [5.74, 6) is 1.09. The van der Waals surface area contributed by atoms with Gasteiger partial charge in [0, 0.05) is 36.3 Å². The number of nitrogens with zero attached hydrogens (tertiary/aromatic N) is 7. The zero-order valence-electron chi connectivity index (χ0n) is 18.4. The number of hydrogen-bond donors (Lipinski definition) is 2. The summed E-state index contributed by atoms with van der Waals surface area (Å²) >= 11 is 1.20. The molecule has 1 fully saturated rings. The van der Waals surface area contributed by atoms with Gasteiger partial charge in [-0.05, 0) is 49.2 Å². The number of hydrogen-bond acceptors (Lipinski definition) is 10. The summed E-state index contributed by atoms with van der Waals surface area (Å²) < 4.78 is 28.9. The first kappa shape index (κ1) is 22.9. The van der Waals surface area contributed by atoms with E-state index >= 15 is 0 Å². The molecule has 0 aliphatic carbocycles. The van der Waals surface area contributed by atoms with Crippen molar-refractivity contribution in [2.45, 2.75) is 17.7 Å². The van der Waals surface area contributed by atoms with E-state index in [2.05, 4.69) is 40.2 Å². The van der Waals surface area contributed by atoms with Crippen LogP contribution >= 0.6 is 11.3 Å². The van der Waals surface area contributed by atoms with E-state index < -0.39 is 10.0 Å². The molecule has 1 aliphatic heterocycles. The highest BCUT2D eigenvalue weighted by atomic mass is 32.2. The number of thiazole rings is 1. The van der Waals surface area contributed by atoms with Crippen LogP contribution in [-0.2, 0) is 14.8 Å². The number of benzene rings is 1. The minimum atomic E-state index is -3.74. The number of rotatable bonds is 7. The van der Waals surface area contributed by atoms with Crippen molar-refractivity contribution < 1.29 is 13.2 Å². The Morgan fingerprint density at radius 3 is 2.40 bits per heavy atom. The third-order valence-corrected chi connectivity index (χ3v) is 7.74. The van der Waals surface area contributed by atoms with Gasteiger partial charge in [-0.25, -0.2) is 23.1 Å². The van der Waals surface area contributed by atoms with Crippen molar-refractivity contribution >= 4 is 43.9 Å². The molecule has 35 heavy (non-hydrogen) atoms. The van der Waals surface area contributed by atoms with Crippen LogP contribution < -0.4 is 14.9 Å². The topological polar surface area (TPSA) is 148 Å². The summed E-state index contributed by atoms with van der Waals surface area (Å²) in [5, 5.41) is 17.4. The van der Waals surface area contributed by atoms with Gasteiger partial charge in [-0.2, -0.15) is 5.10 Å². The van der Waals surface area contributed by atoms with Crippen LogP contribution in [0.2, 0.25) is 0 Å². The van der Waals surface area contributed by atoms with Gasteiger partial charge >= 0.3 is 0 Å². The summed E-state index contributed by atoms with van der Waals surface area (Å²) in [6.45, 7) is 1.35. The Morgan fingerprint density at radius 2 is 1.77 bits per heavy atom. The van der Waals surface area contributed by atoms with Gasteiger partial charge in [0.05, 0.1) is 4.90 Å². The fourth-order valence-corrected chi connectivity index (χ4v) is 5.50. The number of anilines is 3. The van der Waals surface area contributed by atoms with Crippen LogP contribution in [0.1, 0.15) is 12.8 Å². The highest BCUT2D eigenvalue weighted by Crippen LogP contribution is 2.24. The average Bonchev–Trinajstić information content (AvgIpc) is 3.59. The van der Waals surface area contributed by atoms with Crippen LogP contribution in [0.4, 0.5) is 16.6 Å². The number of piperidine rings is 1. The highest BCUT2D eigenvalue weighted by Gasteiger charge is 2.26. The average molecular weight is 512 g/mol. The van der Waals surface area contributed by atoms with Crippen molar-refractivity contribution in [2.24, 2.45) is 5.92 Å². The standard InChI is InChI=1S/C21H21N9O3S2/c31-20(25-16-1-3-17(4-2-16)35(32,33)28-21-23-9-12-34-21)15-7-10-29(11-8-15)18-5-6-19(27-26-18)30-14-22-13-24-30/h1-6,9,12-15H,7-8,10-11H2,(H,23,28)(H,25,31). The lowest BCUT2D eigenvalue weighted by atomic mass is 9.96. The summed E-state index contributed by atoms with van der Waals surface area (Å²) in [5.41, 5.74) is 0.542. The molecule has 12 nitrogen and oxygen atoms in total. The van der Waals surface area contributed by atoms with Crippen LogP contribution in [-0.4, -0.2) is 57.4 Å². The van der Waals surface area contributed by atoms with Gasteiger partial charge in [0.15, 0.2) is 16.8 Å². The van der Waals surface area contributed by atoms with E-state index in [1.54, 1.807) is 23.8 Å². The third-order valence-electron chi connectivity index (χ3n) is 5.57. The van der Waals surface area contributed by atoms with Crippen molar-refractivity contribution in [3.8, 4) is 5.82 Å². The Hall–Kier alpha value is -3.91. The lowest BCUT2D eigenvalue weighted by Crippen LogP contribution is -2.38. The quantitative estimate of drug-likeness (QED) is 0.381. The first-order valence-electron chi connectivity index (χ1n) is 10.7. The van der Waals surface area contributed by atoms with Crippen molar-refractivity contribution in [3.63, 3.8) is 0 Å². The first-order chi connectivity index (χ1) is 17.0. The molecular weight excluding hydrogens is 490 g/mol. The molecular formula is C21H21N9O3S2. The van der Waals surface area contributed by atoms with Crippen molar-refractivity contribution in [1.29, 1.82) is 0 Å². The molecule has 14 heteroatoms. The van der Waals surface area contributed by atoms with Crippen molar-refractivity contribution in [1.82, 2.24) is 29.9 Å². The molecule has 4 aromatic rings. The van der Waals surface area contributed by atoms with E-state index in [0.29, 0.717) is 42.6 Å². The Morgan fingerprint density at radius 1 is 1.03 bits per heavy atom. The van der Waals surface area contributed by atoms with Crippen LogP contribution in [0.15, 0.2) is 65.5 Å². The smallest absolute Gasteiger partial charge is 0.263 e. The van der Waals surface area contributed by atoms with E-state index in [1.165, 1.54) is 40.7 Å². The molecule has 0 bridgehead atoms. The van der Waals surface area contributed by atoms with Gasteiger partial charge in [-0.1, -0.05) is 0 Å². The summed E-state index contributed by atoms with van der Waals surface area (Å²) in [4.78, 5) is 22.8. The Balaban J connectivity index is 1.14. The number of sulfonamides is 1. The van der Waals surface area contributed by atoms with Crippen LogP contribution in [0, 0.1) is 5.92 Å². The number of amides is 1. The van der Waals surface area contributed by atoms with Crippen molar-refractivity contribution in [2.75, 3.05) is 28.0 Å². The molecule has 0 atom stereocenters. The van der Waals surface area contributed by atoms with Gasteiger partial charge < -0.3 is 10.2 Å². The molecule has 1 saturated heterocycles. The molecule has 1 aromatic carbocycles. The second kappa shape index (κ2) is 9.76. The van der Waals surface area contributed by atoms with Crippen LogP contribution in [0.3, 0.4) is 0 Å². The zero-order valence-corrected chi connectivity index (χ0v) is 20.0. The molecule has 0 saturated carbocycles. The monoisotopic (exact) mass is 511 g/mol.